The molecule has 4 nitrogen and oxygen atoms in total. The topological polar surface area (TPSA) is 41.6 Å². The summed E-state index contributed by atoms with van der Waals surface area (Å²) in [7, 11) is 2.00. The summed E-state index contributed by atoms with van der Waals surface area (Å²) in [4.78, 5) is 14.5. The number of amides is 1. The summed E-state index contributed by atoms with van der Waals surface area (Å²) in [5, 5.41) is 3.42. The van der Waals surface area contributed by atoms with Crippen molar-refractivity contribution >= 4 is 5.91 Å². The predicted octanol–water partition coefficient (Wildman–Crippen LogP) is 1.55. The van der Waals surface area contributed by atoms with Gasteiger partial charge in [-0.15, -0.1) is 0 Å². The van der Waals surface area contributed by atoms with E-state index in [1.54, 1.807) is 0 Å². The van der Waals surface area contributed by atoms with Crippen molar-refractivity contribution in [2.75, 3.05) is 26.8 Å². The zero-order chi connectivity index (χ0) is 13.0. The molecule has 0 aromatic rings. The molecule has 1 atom stereocenters. The Morgan fingerprint density at radius 2 is 2.11 bits per heavy atom. The van der Waals surface area contributed by atoms with Gasteiger partial charge in [0, 0.05) is 18.5 Å². The Bertz CT molecular complexity index is 288. The van der Waals surface area contributed by atoms with Crippen LogP contribution in [-0.2, 0) is 9.53 Å². The summed E-state index contributed by atoms with van der Waals surface area (Å²) in [6, 6.07) is 0.226. The van der Waals surface area contributed by atoms with Crippen molar-refractivity contribution in [2.45, 2.75) is 57.0 Å². The first-order valence-electron chi connectivity index (χ1n) is 7.23. The minimum atomic E-state index is 0.0490. The van der Waals surface area contributed by atoms with Crippen LogP contribution >= 0.6 is 0 Å². The lowest BCUT2D eigenvalue weighted by Crippen LogP contribution is -2.53. The van der Waals surface area contributed by atoms with Crippen LogP contribution in [0.1, 0.15) is 45.4 Å². The summed E-state index contributed by atoms with van der Waals surface area (Å²) in [6.07, 6.45) is 6.71. The summed E-state index contributed by atoms with van der Waals surface area (Å²) in [5.74, 6) is 0.294. The molecule has 1 saturated carbocycles. The lowest BCUT2D eigenvalue weighted by atomic mass is 9.79. The Hall–Kier alpha value is -0.610. The van der Waals surface area contributed by atoms with Crippen molar-refractivity contribution < 1.29 is 9.53 Å². The van der Waals surface area contributed by atoms with E-state index in [1.807, 2.05) is 11.9 Å². The van der Waals surface area contributed by atoms with Crippen LogP contribution in [0, 0.1) is 0 Å². The maximum absolute atomic E-state index is 12.5. The highest BCUT2D eigenvalue weighted by atomic mass is 16.5. The first kappa shape index (κ1) is 13.8. The van der Waals surface area contributed by atoms with E-state index in [9.17, 15) is 4.79 Å². The van der Waals surface area contributed by atoms with Gasteiger partial charge in [-0.05, 0) is 26.8 Å². The quantitative estimate of drug-likeness (QED) is 0.831. The summed E-state index contributed by atoms with van der Waals surface area (Å²) in [6.45, 7) is 4.19. The molecule has 2 fully saturated rings. The number of carbonyl (C=O) groups excluding carboxylic acids is 1. The van der Waals surface area contributed by atoms with E-state index in [2.05, 4.69) is 12.2 Å². The number of nitrogens with zero attached hydrogens (tertiary/aromatic N) is 1. The molecule has 1 heterocycles. The second kappa shape index (κ2) is 6.02. The Kier molecular flexibility index (Phi) is 4.62. The van der Waals surface area contributed by atoms with E-state index in [1.165, 1.54) is 19.3 Å². The second-order valence-electron chi connectivity index (χ2n) is 5.78. The fourth-order valence-electron chi connectivity index (χ4n) is 3.23. The second-order valence-corrected chi connectivity index (χ2v) is 5.78. The molecule has 0 spiro atoms. The van der Waals surface area contributed by atoms with Crippen molar-refractivity contribution in [3.8, 4) is 0 Å². The van der Waals surface area contributed by atoms with Gasteiger partial charge in [-0.3, -0.25) is 4.79 Å². The third-order valence-corrected chi connectivity index (χ3v) is 4.52. The van der Waals surface area contributed by atoms with Gasteiger partial charge in [0.05, 0.1) is 19.3 Å². The highest BCUT2D eigenvalue weighted by molar-refractivity contribution is 5.78. The Labute approximate surface area is 110 Å². The van der Waals surface area contributed by atoms with Crippen LogP contribution in [0.5, 0.6) is 0 Å². The van der Waals surface area contributed by atoms with Crippen LogP contribution < -0.4 is 5.32 Å². The van der Waals surface area contributed by atoms with E-state index in [0.29, 0.717) is 25.5 Å². The third kappa shape index (κ3) is 3.04. The Balaban J connectivity index is 1.95. The molecule has 18 heavy (non-hydrogen) atoms. The van der Waals surface area contributed by atoms with Gasteiger partial charge in [0.25, 0.3) is 0 Å². The van der Waals surface area contributed by atoms with Gasteiger partial charge in [-0.1, -0.05) is 19.3 Å². The molecular formula is C14H26N2O2. The number of carbonyl (C=O) groups is 1. The maximum Gasteiger partial charge on any atom is 0.224 e. The molecule has 0 bridgehead atoms. The largest absolute Gasteiger partial charge is 0.377 e. The van der Waals surface area contributed by atoms with Crippen molar-refractivity contribution in [3.63, 3.8) is 0 Å². The summed E-state index contributed by atoms with van der Waals surface area (Å²) in [5.41, 5.74) is 0.0490. The van der Waals surface area contributed by atoms with Crippen molar-refractivity contribution in [1.29, 1.82) is 0 Å². The third-order valence-electron chi connectivity index (χ3n) is 4.52. The smallest absolute Gasteiger partial charge is 0.224 e. The molecule has 4 heteroatoms. The maximum atomic E-state index is 12.5. The number of nitrogens with one attached hydrogen (secondary N) is 1. The molecule has 104 valence electrons. The molecule has 1 amide bonds. The zero-order valence-electron chi connectivity index (χ0n) is 11.7. The molecule has 1 aliphatic heterocycles. The molecule has 0 unspecified atom stereocenters. The fourth-order valence-corrected chi connectivity index (χ4v) is 3.23. The Morgan fingerprint density at radius 1 is 1.39 bits per heavy atom. The Morgan fingerprint density at radius 3 is 2.72 bits per heavy atom. The average Bonchev–Trinajstić information content (AvgIpc) is 2.40. The van der Waals surface area contributed by atoms with E-state index in [4.69, 9.17) is 4.74 Å². The number of ether oxygens (including phenoxy) is 1. The molecule has 1 saturated heterocycles. The van der Waals surface area contributed by atoms with Gasteiger partial charge < -0.3 is 15.0 Å². The molecule has 1 N–H and O–H groups in total. The molecule has 1 aliphatic carbocycles. The normalized spacial score (nSPS) is 28.1. The first-order chi connectivity index (χ1) is 8.67. The van der Waals surface area contributed by atoms with Crippen molar-refractivity contribution in [1.82, 2.24) is 10.2 Å². The SMILES string of the molecule is CNC1(CC(=O)N2CCOC[C@H]2C)CCCCC1. The number of hydrogen-bond acceptors (Lipinski definition) is 3. The lowest BCUT2D eigenvalue weighted by molar-refractivity contribution is -0.141. The van der Waals surface area contributed by atoms with E-state index in [0.717, 1.165) is 19.4 Å². The van der Waals surface area contributed by atoms with E-state index < -0.39 is 0 Å². The van der Waals surface area contributed by atoms with Crippen LogP contribution in [-0.4, -0.2) is 49.2 Å². The van der Waals surface area contributed by atoms with Gasteiger partial charge in [-0.2, -0.15) is 0 Å². The predicted molar refractivity (Wildman–Crippen MR) is 71.5 cm³/mol. The van der Waals surface area contributed by atoms with Crippen LogP contribution in [0.15, 0.2) is 0 Å². The molecule has 2 aliphatic rings. The zero-order valence-corrected chi connectivity index (χ0v) is 11.7. The van der Waals surface area contributed by atoms with Gasteiger partial charge in [0.1, 0.15) is 0 Å². The molecular weight excluding hydrogens is 228 g/mol. The van der Waals surface area contributed by atoms with Gasteiger partial charge in [0.2, 0.25) is 5.91 Å². The number of hydrogen-bond donors (Lipinski definition) is 1. The average molecular weight is 254 g/mol. The number of rotatable bonds is 3. The van der Waals surface area contributed by atoms with Crippen molar-refractivity contribution in [2.24, 2.45) is 0 Å². The van der Waals surface area contributed by atoms with Crippen molar-refractivity contribution in [3.05, 3.63) is 0 Å². The van der Waals surface area contributed by atoms with Crippen LogP contribution in [0.2, 0.25) is 0 Å². The fraction of sp³-hybridized carbons (Fsp3) is 0.929. The van der Waals surface area contributed by atoms with Crippen LogP contribution in [0.25, 0.3) is 0 Å². The minimum Gasteiger partial charge on any atom is -0.377 e. The van der Waals surface area contributed by atoms with E-state index in [-0.39, 0.29) is 11.6 Å². The molecule has 0 radical (unpaired) electrons. The molecule has 0 aromatic heterocycles. The van der Waals surface area contributed by atoms with E-state index >= 15 is 0 Å². The van der Waals surface area contributed by atoms with Crippen LogP contribution in [0.4, 0.5) is 0 Å². The monoisotopic (exact) mass is 254 g/mol. The molecule has 2 rings (SSSR count). The van der Waals surface area contributed by atoms with Gasteiger partial charge in [0.15, 0.2) is 0 Å². The first-order valence-corrected chi connectivity index (χ1v) is 7.23. The highest BCUT2D eigenvalue weighted by Crippen LogP contribution is 2.31. The molecule has 0 aromatic carbocycles. The summed E-state index contributed by atoms with van der Waals surface area (Å²) < 4.78 is 5.39. The number of morpholine rings is 1. The van der Waals surface area contributed by atoms with Gasteiger partial charge >= 0.3 is 0 Å². The lowest BCUT2D eigenvalue weighted by Gasteiger charge is -2.40. The van der Waals surface area contributed by atoms with Crippen LogP contribution in [0.3, 0.4) is 0 Å². The standard InChI is InChI=1S/C14H26N2O2/c1-12-11-18-9-8-16(12)13(17)10-14(15-2)6-4-3-5-7-14/h12,15H,3-11H2,1-2H3/t12-/m1/s1. The van der Waals surface area contributed by atoms with Gasteiger partial charge in [-0.25, -0.2) is 0 Å². The minimum absolute atomic E-state index is 0.0490. The summed E-state index contributed by atoms with van der Waals surface area (Å²) >= 11 is 0. The highest BCUT2D eigenvalue weighted by Gasteiger charge is 2.35.